The van der Waals surface area contributed by atoms with E-state index in [9.17, 15) is 0 Å². The van der Waals surface area contributed by atoms with Gasteiger partial charge in [0.1, 0.15) is 0 Å². The number of hydrogen-bond acceptors (Lipinski definition) is 0. The van der Waals surface area contributed by atoms with Crippen LogP contribution in [0, 0.1) is 0 Å². The Hall–Kier alpha value is -3.87. The first-order valence-corrected chi connectivity index (χ1v) is 28.1. The fraction of sp³-hybridized carbons (Fsp3) is 0.281. The molecule has 0 saturated heterocycles. The van der Waals surface area contributed by atoms with Gasteiger partial charge in [0.25, 0.3) is 0 Å². The van der Waals surface area contributed by atoms with Gasteiger partial charge in [-0.05, 0) is 0 Å². The number of fused-ring (bicyclic) bond motifs is 3. The summed E-state index contributed by atoms with van der Waals surface area (Å²) in [6.07, 6.45) is 9.06. The molecule has 0 amide bonds. The normalized spacial score (nSPS) is 14.2. The first-order valence-electron chi connectivity index (χ1n) is 21.4. The Morgan fingerprint density at radius 3 is 1.40 bits per heavy atom. The van der Waals surface area contributed by atoms with Crippen LogP contribution in [0.5, 0.6) is 0 Å². The predicted molar refractivity (Wildman–Crippen MR) is 265 cm³/mol. The van der Waals surface area contributed by atoms with E-state index in [2.05, 4.69) is 227 Å². The van der Waals surface area contributed by atoms with Gasteiger partial charge in [0, 0.05) is 0 Å². The third kappa shape index (κ3) is 6.69. The van der Waals surface area contributed by atoms with Gasteiger partial charge in [-0.15, -0.1) is 24.8 Å². The maximum absolute atomic E-state index is 6.22. The van der Waals surface area contributed by atoms with Gasteiger partial charge in [0.05, 0.1) is 0 Å². The van der Waals surface area contributed by atoms with E-state index < -0.39 is 18.3 Å². The topological polar surface area (TPSA) is 0 Å². The molecule has 2 aliphatic carbocycles. The van der Waals surface area contributed by atoms with Gasteiger partial charge < -0.3 is 0 Å². The average Bonchev–Trinajstić information content (AvgIpc) is 3.89. The molecule has 6 aromatic rings. The molecule has 6 aromatic carbocycles. The van der Waals surface area contributed by atoms with E-state index in [1.54, 1.807) is 6.55 Å². The van der Waals surface area contributed by atoms with Crippen LogP contribution in [0.3, 0.4) is 0 Å². The standard InChI is InChI=1S/C33H33.2C9H11.C5H5.CH2.2ClH.Zr/c1-32(2,3)30-20-26-24(18-28(30)22-13-9-7-10-14-22)17-25-19-29(23-15-11-8-12-16-23)31(21-27(25)26)33(4,5)6;2*1-8(2)9-6-4-3-5-7-9;1-2-4-5-3-1;;;;/h7-16,18,20-21H,17H2,1-6H3;2*3-7H,1-2H3;1-3H,4H2;1H2;2*1H;. The average molecular weight is 911 g/mol. The summed E-state index contributed by atoms with van der Waals surface area (Å²) >= 11 is -5.38. The molecule has 8 rings (SSSR count). The summed E-state index contributed by atoms with van der Waals surface area (Å²) in [6.45, 7) is 24.7. The van der Waals surface area contributed by atoms with Gasteiger partial charge in [0.2, 0.25) is 0 Å². The second kappa shape index (κ2) is 16.1. The zero-order chi connectivity index (χ0) is 41.3. The summed E-state index contributed by atoms with van der Waals surface area (Å²) in [7, 11) is 0. The maximum atomic E-state index is 6.22. The fourth-order valence-electron chi connectivity index (χ4n) is 11.5. The van der Waals surface area contributed by atoms with Gasteiger partial charge in [0.15, 0.2) is 0 Å². The van der Waals surface area contributed by atoms with Gasteiger partial charge in [-0.3, -0.25) is 0 Å². The van der Waals surface area contributed by atoms with E-state index >= 15 is 0 Å². The van der Waals surface area contributed by atoms with Crippen LogP contribution >= 0.6 is 24.8 Å². The molecule has 0 atom stereocenters. The molecule has 60 heavy (non-hydrogen) atoms. The summed E-state index contributed by atoms with van der Waals surface area (Å²) < 4.78 is 8.70. The zero-order valence-electron chi connectivity index (χ0n) is 37.4. The quantitative estimate of drug-likeness (QED) is 0.143. The summed E-state index contributed by atoms with van der Waals surface area (Å²) in [5, 5.41) is 0. The van der Waals surface area contributed by atoms with Crippen molar-refractivity contribution in [3.05, 3.63) is 194 Å². The number of rotatable bonds is 8. The van der Waals surface area contributed by atoms with Crippen molar-refractivity contribution in [1.82, 2.24) is 0 Å². The summed E-state index contributed by atoms with van der Waals surface area (Å²) in [5.74, 6) is 0. The molecule has 0 heterocycles. The zero-order valence-corrected chi connectivity index (χ0v) is 41.5. The van der Waals surface area contributed by atoms with Crippen LogP contribution in [0.25, 0.3) is 33.4 Å². The van der Waals surface area contributed by atoms with Crippen molar-refractivity contribution in [3.63, 3.8) is 0 Å². The van der Waals surface area contributed by atoms with E-state index in [0.29, 0.717) is 0 Å². The van der Waals surface area contributed by atoms with Crippen LogP contribution in [-0.4, -0.2) is 4.21 Å². The first kappa shape index (κ1) is 45.7. The third-order valence-corrected chi connectivity index (χ3v) is 38.3. The summed E-state index contributed by atoms with van der Waals surface area (Å²) in [4.78, 5) is 0. The Bertz CT molecular complexity index is 2590. The number of allylic oxidation sites excluding steroid dienone is 4. The molecule has 2 aliphatic rings. The van der Waals surface area contributed by atoms with E-state index in [1.807, 2.05) is 0 Å². The van der Waals surface area contributed by atoms with Gasteiger partial charge >= 0.3 is 353 Å². The first-order chi connectivity index (χ1) is 27.4. The minimum atomic E-state index is -5.38. The van der Waals surface area contributed by atoms with Crippen molar-refractivity contribution in [2.75, 3.05) is 0 Å². The fourth-order valence-corrected chi connectivity index (χ4v) is 33.9. The molecule has 0 N–H and O–H groups in total. The summed E-state index contributed by atoms with van der Waals surface area (Å²) in [5.41, 5.74) is 16.4. The summed E-state index contributed by atoms with van der Waals surface area (Å²) in [6, 6.07) is 53.1. The van der Waals surface area contributed by atoms with E-state index in [0.717, 1.165) is 12.8 Å². The molecule has 0 unspecified atom stereocenters. The molecule has 0 fully saturated rings. The third-order valence-electron chi connectivity index (χ3n) is 14.9. The predicted octanol–water partition coefficient (Wildman–Crippen LogP) is 15.5. The Morgan fingerprint density at radius 2 is 0.950 bits per heavy atom. The van der Waals surface area contributed by atoms with Crippen LogP contribution in [-0.2, 0) is 41.8 Å². The van der Waals surface area contributed by atoms with Crippen LogP contribution in [0.15, 0.2) is 161 Å². The Balaban J connectivity index is 0.00000302. The number of hydrogen-bond donors (Lipinski definition) is 0. The van der Waals surface area contributed by atoms with Crippen molar-refractivity contribution in [2.45, 2.75) is 99.2 Å². The molecule has 0 radical (unpaired) electrons. The van der Waals surface area contributed by atoms with Crippen LogP contribution < -0.4 is 3.27 Å². The molecular formula is C57H64Cl2Zr. The van der Waals surface area contributed by atoms with E-state index in [1.165, 1.54) is 66.8 Å². The second-order valence-corrected chi connectivity index (χ2v) is 36.5. The van der Waals surface area contributed by atoms with Crippen LogP contribution in [0.4, 0.5) is 0 Å². The second-order valence-electron chi connectivity index (χ2n) is 20.4. The molecular weight excluding hydrogens is 847 g/mol. The Kier molecular flexibility index (Phi) is 12.3. The molecule has 0 aromatic heterocycles. The van der Waals surface area contributed by atoms with Crippen molar-refractivity contribution >= 4 is 32.3 Å². The van der Waals surface area contributed by atoms with Crippen molar-refractivity contribution in [1.29, 1.82) is 0 Å². The molecule has 310 valence electrons. The number of benzene rings is 6. The Morgan fingerprint density at radius 1 is 0.500 bits per heavy atom. The SMILES string of the molecule is Cl.Cl.[CH2]=[Zr]([C]1=CC=CC1)([c]1c2c(cc(C(C)(C)C)c1-c1ccccc1)-c1cc(C(C)(C)C)c(-c3ccccc3)cc1C2)([C](C)(C)c1ccccc1)[C](C)(C)c1ccccc1. The monoisotopic (exact) mass is 908 g/mol. The minimum absolute atomic E-state index is 0. The van der Waals surface area contributed by atoms with Gasteiger partial charge in [-0.2, -0.15) is 0 Å². The van der Waals surface area contributed by atoms with Crippen molar-refractivity contribution < 1.29 is 18.3 Å². The van der Waals surface area contributed by atoms with E-state index in [-0.39, 0.29) is 41.9 Å². The molecule has 0 spiro atoms. The van der Waals surface area contributed by atoms with Gasteiger partial charge in [-0.1, -0.05) is 0 Å². The molecule has 0 aliphatic heterocycles. The van der Waals surface area contributed by atoms with Crippen molar-refractivity contribution in [3.8, 4) is 33.4 Å². The molecule has 0 saturated carbocycles. The van der Waals surface area contributed by atoms with Gasteiger partial charge in [-0.25, -0.2) is 0 Å². The molecule has 0 nitrogen and oxygen atoms in total. The van der Waals surface area contributed by atoms with E-state index in [4.69, 9.17) is 4.21 Å². The molecule has 3 heteroatoms. The molecule has 0 bridgehead atoms. The van der Waals surface area contributed by atoms with Crippen molar-refractivity contribution in [2.24, 2.45) is 0 Å². The Labute approximate surface area is 374 Å². The van der Waals surface area contributed by atoms with Crippen LogP contribution in [0.1, 0.15) is 109 Å². The van der Waals surface area contributed by atoms with Crippen LogP contribution in [0.2, 0.25) is 0 Å². The number of halogens is 2.